The SMILES string of the molecule is Cc1ccc(CNC2CC(=O)N(C)C2=O)o1. The molecule has 1 aromatic heterocycles. The summed E-state index contributed by atoms with van der Waals surface area (Å²) in [7, 11) is 1.50. The van der Waals surface area contributed by atoms with Gasteiger partial charge in [-0.1, -0.05) is 0 Å². The fraction of sp³-hybridized carbons (Fsp3) is 0.455. The lowest BCUT2D eigenvalue weighted by Gasteiger charge is -2.09. The lowest BCUT2D eigenvalue weighted by molar-refractivity contribution is -0.137. The second-order valence-electron chi connectivity index (χ2n) is 3.94. The molecule has 0 spiro atoms. The van der Waals surface area contributed by atoms with Crippen LogP contribution in [0.25, 0.3) is 0 Å². The van der Waals surface area contributed by atoms with E-state index in [1.165, 1.54) is 7.05 Å². The Morgan fingerprint density at radius 1 is 1.50 bits per heavy atom. The molecular weight excluding hydrogens is 208 g/mol. The second-order valence-corrected chi connectivity index (χ2v) is 3.94. The summed E-state index contributed by atoms with van der Waals surface area (Å²) in [6, 6.07) is 3.31. The first-order chi connectivity index (χ1) is 7.58. The van der Waals surface area contributed by atoms with E-state index in [9.17, 15) is 9.59 Å². The van der Waals surface area contributed by atoms with Gasteiger partial charge in [-0.05, 0) is 19.1 Å². The van der Waals surface area contributed by atoms with Crippen LogP contribution in [-0.2, 0) is 16.1 Å². The number of nitrogens with zero attached hydrogens (tertiary/aromatic N) is 1. The van der Waals surface area contributed by atoms with Crippen LogP contribution in [0.2, 0.25) is 0 Å². The Labute approximate surface area is 93.4 Å². The zero-order chi connectivity index (χ0) is 11.7. The first-order valence-electron chi connectivity index (χ1n) is 5.17. The van der Waals surface area contributed by atoms with Crippen LogP contribution in [0.3, 0.4) is 0 Å². The average molecular weight is 222 g/mol. The number of amides is 2. The largest absolute Gasteiger partial charge is 0.465 e. The van der Waals surface area contributed by atoms with E-state index in [4.69, 9.17) is 4.42 Å². The Balaban J connectivity index is 1.92. The van der Waals surface area contributed by atoms with Crippen molar-refractivity contribution >= 4 is 11.8 Å². The van der Waals surface area contributed by atoms with Gasteiger partial charge in [0, 0.05) is 7.05 Å². The molecule has 1 saturated heterocycles. The lowest BCUT2D eigenvalue weighted by Crippen LogP contribution is -2.36. The van der Waals surface area contributed by atoms with Crippen LogP contribution in [-0.4, -0.2) is 29.8 Å². The predicted octanol–water partition coefficient (Wildman–Crippen LogP) is 0.435. The Kier molecular flexibility index (Phi) is 2.78. The topological polar surface area (TPSA) is 62.6 Å². The summed E-state index contributed by atoms with van der Waals surface area (Å²) < 4.78 is 5.36. The minimum atomic E-state index is -0.414. The van der Waals surface area contributed by atoms with Crippen LogP contribution in [0.1, 0.15) is 17.9 Å². The molecule has 2 amide bonds. The maximum absolute atomic E-state index is 11.6. The van der Waals surface area contributed by atoms with Crippen LogP contribution in [0.5, 0.6) is 0 Å². The lowest BCUT2D eigenvalue weighted by atomic mass is 10.2. The number of carbonyl (C=O) groups excluding carboxylic acids is 2. The van der Waals surface area contributed by atoms with Crippen molar-refractivity contribution < 1.29 is 14.0 Å². The van der Waals surface area contributed by atoms with Gasteiger partial charge in [0.25, 0.3) is 0 Å². The molecule has 86 valence electrons. The van der Waals surface area contributed by atoms with E-state index >= 15 is 0 Å². The summed E-state index contributed by atoms with van der Waals surface area (Å²) in [5.74, 6) is 1.29. The van der Waals surface area contributed by atoms with Gasteiger partial charge in [0.15, 0.2) is 0 Å². The normalized spacial score (nSPS) is 20.9. The van der Waals surface area contributed by atoms with Gasteiger partial charge in [-0.25, -0.2) is 0 Å². The van der Waals surface area contributed by atoms with E-state index in [-0.39, 0.29) is 18.2 Å². The molecular formula is C11H14N2O3. The van der Waals surface area contributed by atoms with Crippen molar-refractivity contribution in [1.29, 1.82) is 0 Å². The number of likely N-dealkylation sites (N-methyl/N-ethyl adjacent to an activating group) is 1. The number of rotatable bonds is 3. The monoisotopic (exact) mass is 222 g/mol. The maximum Gasteiger partial charge on any atom is 0.246 e. The summed E-state index contributed by atoms with van der Waals surface area (Å²) in [6.07, 6.45) is 0.231. The van der Waals surface area contributed by atoms with Gasteiger partial charge in [-0.3, -0.25) is 19.8 Å². The minimum Gasteiger partial charge on any atom is -0.465 e. The van der Waals surface area contributed by atoms with Gasteiger partial charge >= 0.3 is 0 Å². The molecule has 1 unspecified atom stereocenters. The van der Waals surface area contributed by atoms with Gasteiger partial charge in [0.05, 0.1) is 19.0 Å². The highest BCUT2D eigenvalue weighted by Crippen LogP contribution is 2.12. The molecule has 1 aliphatic rings. The molecule has 1 N–H and O–H groups in total. The average Bonchev–Trinajstić information content (AvgIpc) is 2.76. The van der Waals surface area contributed by atoms with Crippen molar-refractivity contribution in [1.82, 2.24) is 10.2 Å². The molecule has 0 saturated carbocycles. The fourth-order valence-corrected chi connectivity index (χ4v) is 1.72. The molecule has 0 aromatic carbocycles. The predicted molar refractivity (Wildman–Crippen MR) is 56.5 cm³/mol. The summed E-state index contributed by atoms with van der Waals surface area (Å²) in [5, 5.41) is 3.02. The molecule has 0 bridgehead atoms. The molecule has 1 fully saturated rings. The standard InChI is InChI=1S/C11H14N2O3/c1-7-3-4-8(16-7)6-12-9-5-10(14)13(2)11(9)15/h3-4,9,12H,5-6H2,1-2H3. The zero-order valence-electron chi connectivity index (χ0n) is 9.32. The highest BCUT2D eigenvalue weighted by molar-refractivity contribution is 6.05. The molecule has 2 heterocycles. The smallest absolute Gasteiger partial charge is 0.246 e. The number of nitrogens with one attached hydrogen (secondary N) is 1. The van der Waals surface area contributed by atoms with Crippen LogP contribution < -0.4 is 5.32 Å². The van der Waals surface area contributed by atoms with Crippen molar-refractivity contribution in [2.24, 2.45) is 0 Å². The fourth-order valence-electron chi connectivity index (χ4n) is 1.72. The van der Waals surface area contributed by atoms with E-state index in [1.54, 1.807) is 0 Å². The Morgan fingerprint density at radius 2 is 2.25 bits per heavy atom. The zero-order valence-corrected chi connectivity index (χ0v) is 9.32. The van der Waals surface area contributed by atoms with Crippen LogP contribution >= 0.6 is 0 Å². The van der Waals surface area contributed by atoms with Crippen molar-refractivity contribution in [3.05, 3.63) is 23.7 Å². The van der Waals surface area contributed by atoms with Crippen LogP contribution in [0.4, 0.5) is 0 Å². The number of hydrogen-bond acceptors (Lipinski definition) is 4. The Hall–Kier alpha value is -1.62. The van der Waals surface area contributed by atoms with Gasteiger partial charge in [0.2, 0.25) is 11.8 Å². The molecule has 0 aliphatic carbocycles. The second kappa shape index (κ2) is 4.09. The highest BCUT2D eigenvalue weighted by Gasteiger charge is 2.35. The van der Waals surface area contributed by atoms with Gasteiger partial charge in [-0.15, -0.1) is 0 Å². The van der Waals surface area contributed by atoms with Crippen molar-refractivity contribution in [3.63, 3.8) is 0 Å². The van der Waals surface area contributed by atoms with Gasteiger partial charge in [-0.2, -0.15) is 0 Å². The van der Waals surface area contributed by atoms with Crippen LogP contribution in [0, 0.1) is 6.92 Å². The van der Waals surface area contributed by atoms with Gasteiger partial charge in [0.1, 0.15) is 11.5 Å². The summed E-state index contributed by atoms with van der Waals surface area (Å²) in [4.78, 5) is 24.0. The Morgan fingerprint density at radius 3 is 2.75 bits per heavy atom. The number of aryl methyl sites for hydroxylation is 1. The number of hydrogen-bond donors (Lipinski definition) is 1. The molecule has 1 atom stereocenters. The third-order valence-electron chi connectivity index (χ3n) is 2.70. The molecule has 2 rings (SSSR count). The summed E-state index contributed by atoms with van der Waals surface area (Å²) in [6.45, 7) is 2.33. The number of likely N-dealkylation sites (tertiary alicyclic amines) is 1. The quantitative estimate of drug-likeness (QED) is 0.753. The molecule has 5 nitrogen and oxygen atoms in total. The first kappa shape index (κ1) is 10.9. The molecule has 0 radical (unpaired) electrons. The molecule has 5 heteroatoms. The maximum atomic E-state index is 11.6. The molecule has 1 aliphatic heterocycles. The van der Waals surface area contributed by atoms with Crippen molar-refractivity contribution in [2.75, 3.05) is 7.05 Å². The number of imide groups is 1. The third-order valence-corrected chi connectivity index (χ3v) is 2.70. The van der Waals surface area contributed by atoms with Crippen molar-refractivity contribution in [2.45, 2.75) is 25.9 Å². The number of carbonyl (C=O) groups is 2. The molecule has 1 aromatic rings. The highest BCUT2D eigenvalue weighted by atomic mass is 16.3. The summed E-state index contributed by atoms with van der Waals surface area (Å²) in [5.41, 5.74) is 0. The van der Waals surface area contributed by atoms with Gasteiger partial charge < -0.3 is 4.42 Å². The third kappa shape index (κ3) is 1.99. The minimum absolute atomic E-state index is 0.141. The van der Waals surface area contributed by atoms with E-state index in [2.05, 4.69) is 5.32 Å². The van der Waals surface area contributed by atoms with E-state index in [0.717, 1.165) is 16.4 Å². The first-order valence-corrected chi connectivity index (χ1v) is 5.17. The van der Waals surface area contributed by atoms with E-state index in [1.807, 2.05) is 19.1 Å². The molecule has 16 heavy (non-hydrogen) atoms. The summed E-state index contributed by atoms with van der Waals surface area (Å²) >= 11 is 0. The van der Waals surface area contributed by atoms with E-state index in [0.29, 0.717) is 6.54 Å². The van der Waals surface area contributed by atoms with Crippen LogP contribution in [0.15, 0.2) is 16.5 Å². The Bertz CT molecular complexity index is 425. The van der Waals surface area contributed by atoms with E-state index < -0.39 is 6.04 Å². The van der Waals surface area contributed by atoms with Crippen molar-refractivity contribution in [3.8, 4) is 0 Å². The number of furan rings is 1.